The number of rotatable bonds is 5. The molecule has 0 aromatic heterocycles. The van der Waals surface area contributed by atoms with Gasteiger partial charge in [-0.05, 0) is 35.9 Å². The fraction of sp³-hybridized carbons (Fsp3) is 0.278. The summed E-state index contributed by atoms with van der Waals surface area (Å²) in [6.45, 7) is 1.75. The van der Waals surface area contributed by atoms with Gasteiger partial charge in [0.1, 0.15) is 0 Å². The highest BCUT2D eigenvalue weighted by Crippen LogP contribution is 2.18. The molecule has 2 aromatic carbocycles. The molecule has 1 fully saturated rings. The standard InChI is InChI=1S/C18H19ClN2O4S/c19-17-4-2-1-3-15(17)13-20-18(22)14-5-7-16(8-6-14)26(23,24)21-9-11-25-12-10-21/h1-8H,9-13H2,(H,20,22). The van der Waals surface area contributed by atoms with Crippen molar-refractivity contribution in [1.29, 1.82) is 0 Å². The van der Waals surface area contributed by atoms with E-state index in [2.05, 4.69) is 5.32 Å². The zero-order valence-electron chi connectivity index (χ0n) is 14.0. The van der Waals surface area contributed by atoms with Crippen LogP contribution in [-0.2, 0) is 21.3 Å². The van der Waals surface area contributed by atoms with Crippen LogP contribution in [0.2, 0.25) is 5.02 Å². The van der Waals surface area contributed by atoms with Crippen LogP contribution >= 0.6 is 11.6 Å². The van der Waals surface area contributed by atoms with E-state index < -0.39 is 10.0 Å². The molecule has 138 valence electrons. The van der Waals surface area contributed by atoms with Gasteiger partial charge in [0.2, 0.25) is 10.0 Å². The molecule has 0 unspecified atom stereocenters. The molecular formula is C18H19ClN2O4S. The normalized spacial score (nSPS) is 15.6. The van der Waals surface area contributed by atoms with E-state index in [4.69, 9.17) is 16.3 Å². The number of nitrogens with one attached hydrogen (secondary N) is 1. The first-order valence-corrected chi connectivity index (χ1v) is 10.00. The quantitative estimate of drug-likeness (QED) is 0.844. The first kappa shape index (κ1) is 18.8. The summed E-state index contributed by atoms with van der Waals surface area (Å²) >= 11 is 6.07. The van der Waals surface area contributed by atoms with Crippen molar-refractivity contribution < 1.29 is 17.9 Å². The van der Waals surface area contributed by atoms with E-state index in [1.165, 1.54) is 28.6 Å². The number of carbonyl (C=O) groups excluding carboxylic acids is 1. The van der Waals surface area contributed by atoms with Gasteiger partial charge in [0.15, 0.2) is 0 Å². The molecule has 1 saturated heterocycles. The van der Waals surface area contributed by atoms with E-state index in [-0.39, 0.29) is 10.8 Å². The van der Waals surface area contributed by atoms with Gasteiger partial charge in [-0.15, -0.1) is 0 Å². The molecule has 0 atom stereocenters. The first-order valence-electron chi connectivity index (χ1n) is 8.18. The fourth-order valence-electron chi connectivity index (χ4n) is 2.63. The minimum absolute atomic E-state index is 0.169. The smallest absolute Gasteiger partial charge is 0.251 e. The number of sulfonamides is 1. The van der Waals surface area contributed by atoms with Crippen molar-refractivity contribution in [3.63, 3.8) is 0 Å². The lowest BCUT2D eigenvalue weighted by atomic mass is 10.2. The van der Waals surface area contributed by atoms with Crippen LogP contribution in [0, 0.1) is 0 Å². The van der Waals surface area contributed by atoms with E-state index in [1.54, 1.807) is 6.07 Å². The Balaban J connectivity index is 1.67. The van der Waals surface area contributed by atoms with E-state index in [9.17, 15) is 13.2 Å². The topological polar surface area (TPSA) is 75.7 Å². The molecule has 1 heterocycles. The maximum atomic E-state index is 12.6. The molecule has 1 N–H and O–H groups in total. The summed E-state index contributed by atoms with van der Waals surface area (Å²) in [6.07, 6.45) is 0. The third-order valence-corrected chi connectivity index (χ3v) is 6.40. The second-order valence-electron chi connectivity index (χ2n) is 5.81. The van der Waals surface area contributed by atoms with Gasteiger partial charge < -0.3 is 10.1 Å². The molecule has 0 spiro atoms. The molecule has 0 bridgehead atoms. The van der Waals surface area contributed by atoms with Crippen LogP contribution < -0.4 is 5.32 Å². The van der Waals surface area contributed by atoms with Gasteiger partial charge in [0.05, 0.1) is 18.1 Å². The molecule has 6 nitrogen and oxygen atoms in total. The first-order chi connectivity index (χ1) is 12.5. The van der Waals surface area contributed by atoms with E-state index >= 15 is 0 Å². The average molecular weight is 395 g/mol. The Morgan fingerprint density at radius 3 is 2.38 bits per heavy atom. The number of carbonyl (C=O) groups is 1. The highest BCUT2D eigenvalue weighted by atomic mass is 35.5. The number of halogens is 1. The number of hydrogen-bond acceptors (Lipinski definition) is 4. The van der Waals surface area contributed by atoms with Crippen LogP contribution in [0.3, 0.4) is 0 Å². The Morgan fingerprint density at radius 2 is 1.73 bits per heavy atom. The van der Waals surface area contributed by atoms with Crippen LogP contribution in [0.4, 0.5) is 0 Å². The van der Waals surface area contributed by atoms with E-state index in [0.717, 1.165) is 5.56 Å². The average Bonchev–Trinajstić information content (AvgIpc) is 2.68. The summed E-state index contributed by atoms with van der Waals surface area (Å²) in [4.78, 5) is 12.4. The third kappa shape index (κ3) is 4.24. The van der Waals surface area contributed by atoms with Gasteiger partial charge in [-0.1, -0.05) is 29.8 Å². The molecule has 1 aliphatic heterocycles. The Morgan fingerprint density at radius 1 is 1.08 bits per heavy atom. The minimum atomic E-state index is -3.56. The maximum Gasteiger partial charge on any atom is 0.251 e. The predicted molar refractivity (Wildman–Crippen MR) is 98.6 cm³/mol. The summed E-state index contributed by atoms with van der Waals surface area (Å²) in [5.74, 6) is -0.291. The lowest BCUT2D eigenvalue weighted by Crippen LogP contribution is -2.40. The highest BCUT2D eigenvalue weighted by molar-refractivity contribution is 7.89. The van der Waals surface area contributed by atoms with Crippen molar-refractivity contribution in [1.82, 2.24) is 9.62 Å². The van der Waals surface area contributed by atoms with Crippen molar-refractivity contribution in [2.75, 3.05) is 26.3 Å². The monoisotopic (exact) mass is 394 g/mol. The van der Waals surface area contributed by atoms with Crippen molar-refractivity contribution in [2.24, 2.45) is 0 Å². The number of benzene rings is 2. The Hall–Kier alpha value is -1.93. The Labute approximate surface area is 157 Å². The SMILES string of the molecule is O=C(NCc1ccccc1Cl)c1ccc(S(=O)(=O)N2CCOCC2)cc1. The summed E-state index contributed by atoms with van der Waals surface area (Å²) in [6, 6.07) is 13.2. The summed E-state index contributed by atoms with van der Waals surface area (Å²) < 4.78 is 31.7. The van der Waals surface area contributed by atoms with Crippen molar-refractivity contribution in [2.45, 2.75) is 11.4 Å². The molecule has 3 rings (SSSR count). The van der Waals surface area contributed by atoms with Gasteiger partial charge in [0.25, 0.3) is 5.91 Å². The third-order valence-electron chi connectivity index (χ3n) is 4.12. The number of nitrogens with zero attached hydrogens (tertiary/aromatic N) is 1. The van der Waals surface area contributed by atoms with Crippen LogP contribution in [-0.4, -0.2) is 44.9 Å². The van der Waals surface area contributed by atoms with Crippen molar-refractivity contribution in [3.8, 4) is 0 Å². The number of amides is 1. The van der Waals surface area contributed by atoms with Crippen LogP contribution in [0.25, 0.3) is 0 Å². The number of hydrogen-bond donors (Lipinski definition) is 1. The number of morpholine rings is 1. The van der Waals surface area contributed by atoms with Gasteiger partial charge in [-0.25, -0.2) is 8.42 Å². The summed E-state index contributed by atoms with van der Waals surface area (Å²) in [7, 11) is -3.56. The molecule has 2 aromatic rings. The van der Waals surface area contributed by atoms with Gasteiger partial charge >= 0.3 is 0 Å². The maximum absolute atomic E-state index is 12.6. The molecule has 1 aliphatic rings. The van der Waals surface area contributed by atoms with Gasteiger partial charge in [-0.3, -0.25) is 4.79 Å². The largest absolute Gasteiger partial charge is 0.379 e. The molecule has 26 heavy (non-hydrogen) atoms. The van der Waals surface area contributed by atoms with Gasteiger partial charge in [-0.2, -0.15) is 4.31 Å². The Bertz CT molecular complexity index is 878. The molecule has 8 heteroatoms. The molecule has 1 amide bonds. The zero-order valence-corrected chi connectivity index (χ0v) is 15.6. The molecule has 0 saturated carbocycles. The Kier molecular flexibility index (Phi) is 5.93. The van der Waals surface area contributed by atoms with Crippen LogP contribution in [0.1, 0.15) is 15.9 Å². The highest BCUT2D eigenvalue weighted by Gasteiger charge is 2.26. The second-order valence-corrected chi connectivity index (χ2v) is 8.16. The van der Waals surface area contributed by atoms with Gasteiger partial charge in [0, 0.05) is 30.2 Å². The summed E-state index contributed by atoms with van der Waals surface area (Å²) in [5, 5.41) is 3.36. The molecule has 0 radical (unpaired) electrons. The second kappa shape index (κ2) is 8.18. The lowest BCUT2D eigenvalue weighted by Gasteiger charge is -2.26. The molecular weight excluding hydrogens is 376 g/mol. The van der Waals surface area contributed by atoms with Crippen molar-refractivity contribution >= 4 is 27.5 Å². The minimum Gasteiger partial charge on any atom is -0.379 e. The van der Waals surface area contributed by atoms with Crippen LogP contribution in [0.15, 0.2) is 53.4 Å². The predicted octanol–water partition coefficient (Wildman–Crippen LogP) is 2.29. The lowest BCUT2D eigenvalue weighted by molar-refractivity contribution is 0.0730. The molecule has 0 aliphatic carbocycles. The number of ether oxygens (including phenoxy) is 1. The zero-order chi connectivity index (χ0) is 18.6. The fourth-order valence-corrected chi connectivity index (χ4v) is 4.24. The summed E-state index contributed by atoms with van der Waals surface area (Å²) in [5.41, 5.74) is 1.20. The van der Waals surface area contributed by atoms with E-state index in [0.29, 0.717) is 43.4 Å². The van der Waals surface area contributed by atoms with Crippen molar-refractivity contribution in [3.05, 3.63) is 64.7 Å². The van der Waals surface area contributed by atoms with E-state index in [1.807, 2.05) is 18.2 Å². The van der Waals surface area contributed by atoms with Crippen LogP contribution in [0.5, 0.6) is 0 Å².